The number of carbonyl (C=O) groups is 1. The summed E-state index contributed by atoms with van der Waals surface area (Å²) < 4.78 is 37.3. The molecule has 0 radical (unpaired) electrons. The highest BCUT2D eigenvalue weighted by Crippen LogP contribution is 2.34. The first-order chi connectivity index (χ1) is 21.1. The van der Waals surface area contributed by atoms with Crippen LogP contribution < -0.4 is 0 Å². The predicted molar refractivity (Wildman–Crippen MR) is 133 cm³/mol. The van der Waals surface area contributed by atoms with Crippen LogP contribution in [-0.4, -0.2) is 208 Å². The summed E-state index contributed by atoms with van der Waals surface area (Å²) in [6.45, 7) is -0.403. The summed E-state index contributed by atoms with van der Waals surface area (Å²) >= 11 is 0. The van der Waals surface area contributed by atoms with E-state index in [1.165, 1.54) is 6.92 Å². The Morgan fingerprint density at radius 1 is 0.533 bits per heavy atom. The highest BCUT2D eigenvalue weighted by molar-refractivity contribution is 5.73. The van der Waals surface area contributed by atoms with Gasteiger partial charge in [-0.05, 0) is 6.92 Å². The van der Waals surface area contributed by atoms with Gasteiger partial charge in [0.2, 0.25) is 0 Å². The lowest BCUT2D eigenvalue weighted by atomic mass is 9.95. The third-order valence-corrected chi connectivity index (χ3v) is 8.13. The third-order valence-electron chi connectivity index (χ3n) is 8.13. The highest BCUT2D eigenvalue weighted by Gasteiger charge is 2.56. The molecular weight excluding hydrogens is 624 g/mol. The molecule has 0 spiro atoms. The molecule has 4 heterocycles. The van der Waals surface area contributed by atoms with E-state index in [9.17, 15) is 71.2 Å². The maximum absolute atomic E-state index is 12.1. The van der Waals surface area contributed by atoms with Crippen molar-refractivity contribution in [2.75, 3.05) is 13.2 Å². The van der Waals surface area contributed by atoms with E-state index in [1.807, 2.05) is 0 Å². The molecule has 262 valence electrons. The van der Waals surface area contributed by atoms with Gasteiger partial charge in [-0.25, -0.2) is 4.79 Å². The van der Waals surface area contributed by atoms with E-state index < -0.39 is 142 Å². The molecule has 0 aromatic rings. The molecule has 0 aliphatic carbocycles. The van der Waals surface area contributed by atoms with Gasteiger partial charge in [0.05, 0.1) is 19.3 Å². The Morgan fingerprint density at radius 2 is 0.978 bits per heavy atom. The molecule has 21 heteroatoms. The topological polar surface area (TPSA) is 345 Å². The molecule has 0 bridgehead atoms. The van der Waals surface area contributed by atoms with Crippen LogP contribution in [0.15, 0.2) is 0 Å². The molecule has 0 amide bonds. The summed E-state index contributed by atoms with van der Waals surface area (Å²) in [5.74, 6) is -1.79. The second-order valence-electron chi connectivity index (χ2n) is 11.2. The predicted octanol–water partition coefficient (Wildman–Crippen LogP) is -8.63. The van der Waals surface area contributed by atoms with Gasteiger partial charge in [-0.15, -0.1) is 0 Å². The van der Waals surface area contributed by atoms with Crippen molar-refractivity contribution in [2.45, 2.75) is 130 Å². The lowest BCUT2D eigenvalue weighted by molar-refractivity contribution is -0.383. The minimum Gasteiger partial charge on any atom is -0.479 e. The number of carboxylic acids is 1. The zero-order chi connectivity index (χ0) is 33.5. The van der Waals surface area contributed by atoms with E-state index in [1.54, 1.807) is 0 Å². The van der Waals surface area contributed by atoms with Crippen molar-refractivity contribution in [3.05, 3.63) is 0 Å². The monoisotopic (exact) mass is 664 g/mol. The molecule has 4 rings (SSSR count). The van der Waals surface area contributed by atoms with Crippen LogP contribution in [0.2, 0.25) is 0 Å². The van der Waals surface area contributed by atoms with Crippen LogP contribution in [0.3, 0.4) is 0 Å². The summed E-state index contributed by atoms with van der Waals surface area (Å²) in [5, 5.41) is 132. The first kappa shape index (κ1) is 36.5. The lowest BCUT2D eigenvalue weighted by Gasteiger charge is -2.48. The van der Waals surface area contributed by atoms with Crippen LogP contribution in [0.25, 0.3) is 0 Å². The number of hydrogen-bond donors (Lipinski definition) is 13. The van der Waals surface area contributed by atoms with Crippen molar-refractivity contribution >= 4 is 5.97 Å². The number of aliphatic carboxylic acids is 1. The summed E-state index contributed by atoms with van der Waals surface area (Å²) in [6, 6.07) is 0. The molecule has 4 aliphatic heterocycles. The average Bonchev–Trinajstić information content (AvgIpc) is 3.00. The number of aliphatic hydroxyl groups is 12. The molecule has 0 aromatic carbocycles. The van der Waals surface area contributed by atoms with Gasteiger partial charge < -0.3 is 99.5 Å². The molecule has 13 N–H and O–H groups in total. The SMILES string of the molecule is C[C@@H]1OC(O)[C@H](O)[C@H](O)[C@H]1O[C@@H]1O[C@H](CO)[C@@H](O[C@@H]2O[C@H](C(=O)O)[C@@H](O[C@@H]3O[C@H](CO)[C@@H](O)[C@H](O)[C@H]3O)[C@H](O)[C@H]2O)[C@H](O)[C@H]1O. The van der Waals surface area contributed by atoms with E-state index in [0.717, 1.165) is 0 Å². The summed E-state index contributed by atoms with van der Waals surface area (Å²) in [5.41, 5.74) is 0. The fourth-order valence-electron chi connectivity index (χ4n) is 5.49. The number of aliphatic hydroxyl groups excluding tert-OH is 12. The number of hydrogen-bond acceptors (Lipinski definition) is 20. The zero-order valence-electron chi connectivity index (χ0n) is 23.5. The van der Waals surface area contributed by atoms with Crippen LogP contribution in [0, 0.1) is 0 Å². The fraction of sp³-hybridized carbons (Fsp3) is 0.958. The normalized spacial score (nSPS) is 52.8. The minimum absolute atomic E-state index is 0.843. The molecule has 21 nitrogen and oxygen atoms in total. The maximum Gasteiger partial charge on any atom is 0.335 e. The van der Waals surface area contributed by atoms with Gasteiger partial charge in [-0.1, -0.05) is 0 Å². The first-order valence-electron chi connectivity index (χ1n) is 14.0. The van der Waals surface area contributed by atoms with Crippen molar-refractivity contribution in [1.82, 2.24) is 0 Å². The van der Waals surface area contributed by atoms with Gasteiger partial charge in [0.25, 0.3) is 0 Å². The standard InChI is InChI=1S/C24H40O21/c1-4-16(9(29)12(32)21(38)39-4)42-23-14(34)10(30)17(6(3-26)41-23)43-24-15(35)11(31)18(19(45-24)20(36)37)44-22-13(33)8(28)7(27)5(2-25)40-22/h4-19,21-35,38H,2-3H2,1H3,(H,36,37)/t4-,5+,6+,7+,8-,9-,10+,11+,12+,13+,14+,15+,16-,17+,18-,19-,21?,22-,23-,24+/m0/s1. The van der Waals surface area contributed by atoms with Crippen LogP contribution >= 0.6 is 0 Å². The zero-order valence-corrected chi connectivity index (χ0v) is 23.5. The molecule has 4 aliphatic rings. The van der Waals surface area contributed by atoms with Gasteiger partial charge in [0.1, 0.15) is 85.5 Å². The molecule has 4 saturated heterocycles. The first-order valence-corrected chi connectivity index (χ1v) is 14.0. The van der Waals surface area contributed by atoms with Gasteiger partial charge in [0, 0.05) is 0 Å². The quantitative estimate of drug-likeness (QED) is 0.109. The van der Waals surface area contributed by atoms with Gasteiger partial charge in [-0.3, -0.25) is 0 Å². The van der Waals surface area contributed by atoms with E-state index >= 15 is 0 Å². The van der Waals surface area contributed by atoms with Crippen molar-refractivity contribution in [2.24, 2.45) is 0 Å². The van der Waals surface area contributed by atoms with Crippen LogP contribution in [-0.2, 0) is 38.0 Å². The Balaban J connectivity index is 1.46. The summed E-state index contributed by atoms with van der Waals surface area (Å²) in [7, 11) is 0. The average molecular weight is 665 g/mol. The number of carboxylic acid groups (broad SMARTS) is 1. The molecule has 45 heavy (non-hydrogen) atoms. The Morgan fingerprint density at radius 3 is 1.53 bits per heavy atom. The van der Waals surface area contributed by atoms with Crippen molar-refractivity contribution < 1.29 is 104 Å². The fourth-order valence-corrected chi connectivity index (χ4v) is 5.49. The molecule has 0 saturated carbocycles. The van der Waals surface area contributed by atoms with E-state index in [4.69, 9.17) is 33.2 Å². The second kappa shape index (κ2) is 14.9. The largest absolute Gasteiger partial charge is 0.479 e. The molecular formula is C24H40O21. The number of ether oxygens (including phenoxy) is 7. The third kappa shape index (κ3) is 7.26. The Hall–Kier alpha value is -1.29. The smallest absolute Gasteiger partial charge is 0.335 e. The number of rotatable bonds is 9. The summed E-state index contributed by atoms with van der Waals surface area (Å²) in [6.07, 6.45) is -36.5. The van der Waals surface area contributed by atoms with Crippen molar-refractivity contribution in [3.8, 4) is 0 Å². The maximum atomic E-state index is 12.1. The summed E-state index contributed by atoms with van der Waals surface area (Å²) in [4.78, 5) is 12.1. The molecule has 20 atom stereocenters. The molecule has 1 unspecified atom stereocenters. The minimum atomic E-state index is -2.18. The van der Waals surface area contributed by atoms with E-state index in [-0.39, 0.29) is 0 Å². The van der Waals surface area contributed by atoms with Crippen LogP contribution in [0.1, 0.15) is 6.92 Å². The van der Waals surface area contributed by atoms with E-state index in [0.29, 0.717) is 0 Å². The molecule has 4 fully saturated rings. The van der Waals surface area contributed by atoms with Gasteiger partial charge >= 0.3 is 5.97 Å². The van der Waals surface area contributed by atoms with Crippen LogP contribution in [0.4, 0.5) is 0 Å². The van der Waals surface area contributed by atoms with Crippen molar-refractivity contribution in [1.29, 1.82) is 0 Å². The van der Waals surface area contributed by atoms with Gasteiger partial charge in [0.15, 0.2) is 31.3 Å². The van der Waals surface area contributed by atoms with Gasteiger partial charge in [-0.2, -0.15) is 0 Å². The highest BCUT2D eigenvalue weighted by atomic mass is 16.8. The Bertz CT molecular complexity index is 971. The second-order valence-corrected chi connectivity index (χ2v) is 11.2. The Labute approximate surface area is 253 Å². The van der Waals surface area contributed by atoms with Crippen LogP contribution in [0.5, 0.6) is 0 Å². The lowest BCUT2D eigenvalue weighted by Crippen LogP contribution is -2.67. The van der Waals surface area contributed by atoms with Crippen molar-refractivity contribution in [3.63, 3.8) is 0 Å². The van der Waals surface area contributed by atoms with E-state index in [2.05, 4.69) is 0 Å². The molecule has 0 aromatic heterocycles. The Kier molecular flexibility index (Phi) is 12.1.